The van der Waals surface area contributed by atoms with Crippen molar-refractivity contribution in [2.24, 2.45) is 5.73 Å². The molecule has 0 aliphatic carbocycles. The van der Waals surface area contributed by atoms with Crippen molar-refractivity contribution < 1.29 is 17.6 Å². The molecule has 4 aromatic heterocycles. The Hall–Kier alpha value is -3.74. The molecular weight excluding hydrogens is 478 g/mol. The largest absolute Gasteiger partial charge is 0.408 e. The second-order valence-corrected chi connectivity index (χ2v) is 8.77. The van der Waals surface area contributed by atoms with Gasteiger partial charge in [-0.2, -0.15) is 23.4 Å². The molecule has 0 unspecified atom stereocenters. The summed E-state index contributed by atoms with van der Waals surface area (Å²) in [5, 5.41) is 12.0. The molecule has 36 heavy (non-hydrogen) atoms. The highest BCUT2D eigenvalue weighted by molar-refractivity contribution is 5.81. The fraction of sp³-hybridized carbons (Fsp3) is 0.391. The molecule has 1 fully saturated rings. The Morgan fingerprint density at radius 2 is 1.97 bits per heavy atom. The van der Waals surface area contributed by atoms with Crippen molar-refractivity contribution in [1.29, 1.82) is 0 Å². The van der Waals surface area contributed by atoms with E-state index in [-0.39, 0.29) is 12.6 Å². The van der Waals surface area contributed by atoms with Crippen LogP contribution in [0.1, 0.15) is 12.8 Å². The van der Waals surface area contributed by atoms with Gasteiger partial charge in [-0.1, -0.05) is 0 Å². The van der Waals surface area contributed by atoms with E-state index in [9.17, 15) is 17.6 Å². The predicted octanol–water partition coefficient (Wildman–Crippen LogP) is 3.89. The number of aryl methyl sites for hydroxylation is 1. The quantitative estimate of drug-likeness (QED) is 0.369. The van der Waals surface area contributed by atoms with Crippen LogP contribution < -0.4 is 16.0 Å². The van der Waals surface area contributed by atoms with E-state index in [4.69, 9.17) is 5.73 Å². The summed E-state index contributed by atoms with van der Waals surface area (Å²) in [5.41, 5.74) is 8.74. The Bertz CT molecular complexity index is 1350. The van der Waals surface area contributed by atoms with E-state index in [0.29, 0.717) is 35.0 Å². The second-order valence-electron chi connectivity index (χ2n) is 8.77. The van der Waals surface area contributed by atoms with Gasteiger partial charge in [0.15, 0.2) is 5.65 Å². The Morgan fingerprint density at radius 1 is 1.11 bits per heavy atom. The number of alkyl halides is 4. The Labute approximate surface area is 203 Å². The summed E-state index contributed by atoms with van der Waals surface area (Å²) in [4.78, 5) is 11.2. The van der Waals surface area contributed by atoms with Crippen LogP contribution in [0.5, 0.6) is 0 Å². The minimum absolute atomic E-state index is 0.0102. The summed E-state index contributed by atoms with van der Waals surface area (Å²) >= 11 is 0. The van der Waals surface area contributed by atoms with Crippen LogP contribution in [0, 0.1) is 0 Å². The zero-order valence-corrected chi connectivity index (χ0v) is 19.3. The van der Waals surface area contributed by atoms with Crippen molar-refractivity contribution >= 4 is 28.4 Å². The lowest BCUT2D eigenvalue weighted by Gasteiger charge is -2.34. The van der Waals surface area contributed by atoms with Gasteiger partial charge in [0.25, 0.3) is 0 Å². The van der Waals surface area contributed by atoms with Gasteiger partial charge in [-0.05, 0) is 25.0 Å². The number of hydrogen-bond acceptors (Lipinski definition) is 7. The Balaban J connectivity index is 1.48. The maximum absolute atomic E-state index is 12.9. The third kappa shape index (κ3) is 5.25. The predicted molar refractivity (Wildman–Crippen MR) is 128 cm³/mol. The second kappa shape index (κ2) is 9.72. The number of pyridine rings is 2. The van der Waals surface area contributed by atoms with E-state index < -0.39 is 19.4 Å². The first-order valence-electron chi connectivity index (χ1n) is 11.5. The van der Waals surface area contributed by atoms with Crippen molar-refractivity contribution in [2.75, 3.05) is 30.0 Å². The minimum Gasteiger partial charge on any atom is -0.369 e. The number of anilines is 3. The molecule has 13 heteroatoms. The number of nitrogens with one attached hydrogen (secondary N) is 1. The summed E-state index contributed by atoms with van der Waals surface area (Å²) in [6, 6.07) is 5.43. The molecular formula is C23H25F4N9. The zero-order chi connectivity index (χ0) is 25.3. The van der Waals surface area contributed by atoms with Crippen LogP contribution >= 0.6 is 0 Å². The van der Waals surface area contributed by atoms with E-state index in [1.807, 2.05) is 12.1 Å². The van der Waals surface area contributed by atoms with Crippen molar-refractivity contribution in [3.63, 3.8) is 0 Å². The Morgan fingerprint density at radius 3 is 2.75 bits per heavy atom. The molecule has 1 atom stereocenters. The smallest absolute Gasteiger partial charge is 0.369 e. The molecule has 0 radical (unpaired) electrons. The van der Waals surface area contributed by atoms with Crippen molar-refractivity contribution in [2.45, 2.75) is 38.1 Å². The highest BCUT2D eigenvalue weighted by Gasteiger charge is 2.29. The standard InChI is InChI=1S/C23H25F4N9/c24-5-7-36-22-15(9-31-36)3-4-20(33-22)32-21-8-19(34-6-1-2-17(28)13-34)18(11-29-21)16-10-30-35(12-16)14-23(25,26)27/h3-4,8-12,17H,1-2,5-7,13-14,28H2,(H,29,32,33)/t17-/m0/s1. The van der Waals surface area contributed by atoms with E-state index in [1.54, 1.807) is 18.5 Å². The summed E-state index contributed by atoms with van der Waals surface area (Å²) in [7, 11) is 0. The molecule has 190 valence electrons. The average molecular weight is 504 g/mol. The van der Waals surface area contributed by atoms with Gasteiger partial charge in [-0.25, -0.2) is 19.0 Å². The van der Waals surface area contributed by atoms with Gasteiger partial charge < -0.3 is 16.0 Å². The molecule has 0 aromatic carbocycles. The highest BCUT2D eigenvalue weighted by Crippen LogP contribution is 2.34. The van der Waals surface area contributed by atoms with Crippen molar-refractivity contribution in [1.82, 2.24) is 29.5 Å². The number of halogens is 4. The maximum atomic E-state index is 12.9. The van der Waals surface area contributed by atoms with Gasteiger partial charge in [0.1, 0.15) is 24.9 Å². The SMILES string of the molecule is N[C@H]1CCCN(c2cc(Nc3ccc4cnn(CCF)c4n3)ncc2-c2cnn(CC(F)(F)F)c2)C1. The number of nitrogens with zero attached hydrogens (tertiary/aromatic N) is 7. The molecule has 0 saturated carbocycles. The minimum atomic E-state index is -4.37. The van der Waals surface area contributed by atoms with Crippen molar-refractivity contribution in [3.8, 4) is 11.1 Å². The molecule has 0 amide bonds. The monoisotopic (exact) mass is 503 g/mol. The van der Waals surface area contributed by atoms with E-state index >= 15 is 0 Å². The van der Waals surface area contributed by atoms with Crippen LogP contribution in [0.25, 0.3) is 22.2 Å². The number of aromatic nitrogens is 6. The fourth-order valence-electron chi connectivity index (χ4n) is 4.40. The van der Waals surface area contributed by atoms with Crippen LogP contribution in [-0.4, -0.2) is 61.5 Å². The summed E-state index contributed by atoms with van der Waals surface area (Å²) in [6.07, 6.45) is 3.45. The Kier molecular flexibility index (Phi) is 6.48. The summed E-state index contributed by atoms with van der Waals surface area (Å²) in [5.74, 6) is 1.00. The molecule has 1 aliphatic rings. The first kappa shape index (κ1) is 24.0. The number of rotatable bonds is 7. The first-order valence-corrected chi connectivity index (χ1v) is 11.5. The lowest BCUT2D eigenvalue weighted by Crippen LogP contribution is -2.43. The van der Waals surface area contributed by atoms with Gasteiger partial charge >= 0.3 is 6.18 Å². The molecule has 5 rings (SSSR count). The topological polar surface area (TPSA) is 103 Å². The normalized spacial score (nSPS) is 16.6. The van der Waals surface area contributed by atoms with Crippen LogP contribution in [0.3, 0.4) is 0 Å². The number of piperidine rings is 1. The van der Waals surface area contributed by atoms with Gasteiger partial charge in [0.2, 0.25) is 0 Å². The molecule has 0 spiro atoms. The molecule has 4 aromatic rings. The first-order chi connectivity index (χ1) is 17.3. The maximum Gasteiger partial charge on any atom is 0.408 e. The van der Waals surface area contributed by atoms with E-state index in [1.165, 1.54) is 17.1 Å². The third-order valence-electron chi connectivity index (χ3n) is 6.00. The van der Waals surface area contributed by atoms with E-state index in [0.717, 1.165) is 35.1 Å². The molecule has 9 nitrogen and oxygen atoms in total. The summed E-state index contributed by atoms with van der Waals surface area (Å²) in [6.45, 7) is -0.251. The number of fused-ring (bicyclic) bond motifs is 1. The zero-order valence-electron chi connectivity index (χ0n) is 19.3. The van der Waals surface area contributed by atoms with Gasteiger partial charge in [0, 0.05) is 59.8 Å². The van der Waals surface area contributed by atoms with Crippen LogP contribution in [0.2, 0.25) is 0 Å². The molecule has 0 bridgehead atoms. The third-order valence-corrected chi connectivity index (χ3v) is 6.00. The highest BCUT2D eigenvalue weighted by atomic mass is 19.4. The lowest BCUT2D eigenvalue weighted by molar-refractivity contribution is -0.142. The molecule has 1 saturated heterocycles. The lowest BCUT2D eigenvalue weighted by atomic mass is 10.0. The number of nitrogens with two attached hydrogens (primary N) is 1. The molecule has 5 heterocycles. The average Bonchev–Trinajstić information content (AvgIpc) is 3.45. The van der Waals surface area contributed by atoms with E-state index in [2.05, 4.69) is 30.4 Å². The van der Waals surface area contributed by atoms with Gasteiger partial charge in [0.05, 0.1) is 18.9 Å². The van der Waals surface area contributed by atoms with Crippen LogP contribution in [-0.2, 0) is 13.1 Å². The van der Waals surface area contributed by atoms with Crippen LogP contribution in [0.4, 0.5) is 34.9 Å². The summed E-state index contributed by atoms with van der Waals surface area (Å²) < 4.78 is 53.7. The van der Waals surface area contributed by atoms with Gasteiger partial charge in [-0.3, -0.25) is 4.68 Å². The van der Waals surface area contributed by atoms with Gasteiger partial charge in [-0.15, -0.1) is 0 Å². The van der Waals surface area contributed by atoms with Crippen LogP contribution in [0.15, 0.2) is 43.0 Å². The number of hydrogen-bond donors (Lipinski definition) is 2. The van der Waals surface area contributed by atoms with Crippen molar-refractivity contribution in [3.05, 3.63) is 43.0 Å². The fourth-order valence-corrected chi connectivity index (χ4v) is 4.40. The molecule has 3 N–H and O–H groups in total. The molecule has 1 aliphatic heterocycles.